The van der Waals surface area contributed by atoms with Crippen LogP contribution in [-0.2, 0) is 15.8 Å². The van der Waals surface area contributed by atoms with Crippen molar-refractivity contribution in [3.8, 4) is 5.75 Å². The molecular formula is C17H20ClNO3S. The second-order valence-electron chi connectivity index (χ2n) is 5.45. The van der Waals surface area contributed by atoms with E-state index >= 15 is 0 Å². The molecule has 0 aliphatic heterocycles. The molecule has 0 fully saturated rings. The average Bonchev–Trinajstić information content (AvgIpc) is 2.45. The van der Waals surface area contributed by atoms with E-state index in [0.717, 1.165) is 16.9 Å². The van der Waals surface area contributed by atoms with Crippen molar-refractivity contribution in [1.82, 2.24) is 4.72 Å². The van der Waals surface area contributed by atoms with Gasteiger partial charge in [0, 0.05) is 11.6 Å². The number of sulfonamides is 1. The Hall–Kier alpha value is -1.56. The molecule has 0 unspecified atom stereocenters. The quantitative estimate of drug-likeness (QED) is 0.775. The first-order valence-electron chi connectivity index (χ1n) is 7.27. The van der Waals surface area contributed by atoms with Crippen LogP contribution in [0.15, 0.2) is 42.5 Å². The van der Waals surface area contributed by atoms with Gasteiger partial charge in [0.05, 0.1) is 5.75 Å². The monoisotopic (exact) mass is 353 g/mol. The predicted octanol–water partition coefficient (Wildman–Crippen LogP) is 3.46. The molecule has 0 atom stereocenters. The first kappa shape index (κ1) is 17.8. The third kappa shape index (κ3) is 6.22. The molecule has 0 amide bonds. The minimum Gasteiger partial charge on any atom is -0.492 e. The molecule has 2 aromatic rings. The molecule has 4 nitrogen and oxygen atoms in total. The highest BCUT2D eigenvalue weighted by atomic mass is 35.5. The summed E-state index contributed by atoms with van der Waals surface area (Å²) in [4.78, 5) is 0. The van der Waals surface area contributed by atoms with Crippen molar-refractivity contribution in [2.75, 3.05) is 13.2 Å². The first-order valence-corrected chi connectivity index (χ1v) is 9.30. The van der Waals surface area contributed by atoms with Gasteiger partial charge in [0.2, 0.25) is 10.0 Å². The van der Waals surface area contributed by atoms with Crippen molar-refractivity contribution >= 4 is 21.6 Å². The van der Waals surface area contributed by atoms with E-state index in [1.54, 1.807) is 24.3 Å². The lowest BCUT2D eigenvalue weighted by molar-refractivity contribution is 0.322. The van der Waals surface area contributed by atoms with E-state index in [0.29, 0.717) is 10.6 Å². The number of ether oxygens (including phenoxy) is 1. The Balaban J connectivity index is 1.81. The summed E-state index contributed by atoms with van der Waals surface area (Å²) in [6.45, 7) is 4.50. The largest absolute Gasteiger partial charge is 0.492 e. The zero-order valence-corrected chi connectivity index (χ0v) is 14.7. The van der Waals surface area contributed by atoms with Crippen molar-refractivity contribution < 1.29 is 13.2 Å². The van der Waals surface area contributed by atoms with Crippen molar-refractivity contribution in [2.45, 2.75) is 19.6 Å². The number of benzene rings is 2. The maximum Gasteiger partial charge on any atom is 0.215 e. The molecule has 6 heteroatoms. The zero-order valence-electron chi connectivity index (χ0n) is 13.2. The normalized spacial score (nSPS) is 11.4. The second-order valence-corrected chi connectivity index (χ2v) is 7.70. The van der Waals surface area contributed by atoms with Crippen LogP contribution in [0.2, 0.25) is 5.02 Å². The SMILES string of the molecule is Cc1cc(C)cc(OCCNS(=O)(=O)Cc2ccc(Cl)cc2)c1. The highest BCUT2D eigenvalue weighted by molar-refractivity contribution is 7.88. The van der Waals surface area contributed by atoms with Crippen LogP contribution in [0.5, 0.6) is 5.75 Å². The van der Waals surface area contributed by atoms with Crippen molar-refractivity contribution in [1.29, 1.82) is 0 Å². The number of aryl methyl sites for hydroxylation is 2. The molecule has 2 aromatic carbocycles. The number of nitrogens with one attached hydrogen (secondary N) is 1. The van der Waals surface area contributed by atoms with E-state index in [4.69, 9.17) is 16.3 Å². The summed E-state index contributed by atoms with van der Waals surface area (Å²) < 4.78 is 32.1. The van der Waals surface area contributed by atoms with E-state index in [2.05, 4.69) is 10.8 Å². The Morgan fingerprint density at radius 2 is 1.65 bits per heavy atom. The van der Waals surface area contributed by atoms with Crippen LogP contribution in [0.25, 0.3) is 0 Å². The molecule has 0 radical (unpaired) electrons. The van der Waals surface area contributed by atoms with Gasteiger partial charge in [0.25, 0.3) is 0 Å². The van der Waals surface area contributed by atoms with E-state index < -0.39 is 10.0 Å². The lowest BCUT2D eigenvalue weighted by Crippen LogP contribution is -2.29. The molecule has 124 valence electrons. The zero-order chi connectivity index (χ0) is 16.9. The lowest BCUT2D eigenvalue weighted by Gasteiger charge is -2.10. The van der Waals surface area contributed by atoms with Gasteiger partial charge in [-0.05, 0) is 54.8 Å². The van der Waals surface area contributed by atoms with Gasteiger partial charge in [-0.25, -0.2) is 13.1 Å². The molecule has 0 aliphatic rings. The summed E-state index contributed by atoms with van der Waals surface area (Å²) in [6.07, 6.45) is 0. The number of hydrogen-bond donors (Lipinski definition) is 1. The van der Waals surface area contributed by atoms with Crippen LogP contribution in [0.3, 0.4) is 0 Å². The number of rotatable bonds is 7. The van der Waals surface area contributed by atoms with E-state index in [1.807, 2.05) is 26.0 Å². The van der Waals surface area contributed by atoms with E-state index in [1.165, 1.54) is 0 Å². The lowest BCUT2D eigenvalue weighted by atomic mass is 10.1. The highest BCUT2D eigenvalue weighted by Gasteiger charge is 2.11. The molecule has 0 aromatic heterocycles. The average molecular weight is 354 g/mol. The smallest absolute Gasteiger partial charge is 0.215 e. The maximum absolute atomic E-state index is 12.0. The van der Waals surface area contributed by atoms with Crippen molar-refractivity contribution in [2.24, 2.45) is 0 Å². The van der Waals surface area contributed by atoms with Crippen molar-refractivity contribution in [3.63, 3.8) is 0 Å². The summed E-state index contributed by atoms with van der Waals surface area (Å²) in [7, 11) is -3.39. The van der Waals surface area contributed by atoms with E-state index in [-0.39, 0.29) is 18.9 Å². The Labute approximate surface area is 142 Å². The topological polar surface area (TPSA) is 55.4 Å². The highest BCUT2D eigenvalue weighted by Crippen LogP contribution is 2.16. The van der Waals surface area contributed by atoms with Gasteiger partial charge in [0.15, 0.2) is 0 Å². The minimum absolute atomic E-state index is 0.0757. The third-order valence-corrected chi connectivity index (χ3v) is 4.77. The van der Waals surface area contributed by atoms with Gasteiger partial charge in [0.1, 0.15) is 12.4 Å². The van der Waals surface area contributed by atoms with Gasteiger partial charge in [-0.1, -0.05) is 29.8 Å². The molecule has 0 spiro atoms. The predicted molar refractivity (Wildman–Crippen MR) is 93.5 cm³/mol. The fourth-order valence-corrected chi connectivity index (χ4v) is 3.49. The van der Waals surface area contributed by atoms with Gasteiger partial charge >= 0.3 is 0 Å². The third-order valence-electron chi connectivity index (χ3n) is 3.16. The van der Waals surface area contributed by atoms with Crippen LogP contribution in [0.4, 0.5) is 0 Å². The maximum atomic E-state index is 12.0. The van der Waals surface area contributed by atoms with Crippen molar-refractivity contribution in [3.05, 3.63) is 64.2 Å². The Morgan fingerprint density at radius 3 is 2.26 bits per heavy atom. The van der Waals surface area contributed by atoms with Crippen LogP contribution in [0.1, 0.15) is 16.7 Å². The standard InChI is InChI=1S/C17H20ClNO3S/c1-13-9-14(2)11-17(10-13)22-8-7-19-23(20,21)12-15-3-5-16(18)6-4-15/h3-6,9-11,19H,7-8,12H2,1-2H3. The van der Waals surface area contributed by atoms with E-state index in [9.17, 15) is 8.42 Å². The number of hydrogen-bond acceptors (Lipinski definition) is 3. The second kappa shape index (κ2) is 7.81. The fourth-order valence-electron chi connectivity index (χ4n) is 2.23. The Bertz CT molecular complexity index is 738. The molecule has 0 heterocycles. The van der Waals surface area contributed by atoms with Crippen LogP contribution >= 0.6 is 11.6 Å². The van der Waals surface area contributed by atoms with Crippen LogP contribution in [-0.4, -0.2) is 21.6 Å². The summed E-state index contributed by atoms with van der Waals surface area (Å²) >= 11 is 5.78. The summed E-state index contributed by atoms with van der Waals surface area (Å²) in [5.41, 5.74) is 2.92. The molecule has 0 saturated heterocycles. The summed E-state index contributed by atoms with van der Waals surface area (Å²) in [6, 6.07) is 12.7. The Morgan fingerprint density at radius 1 is 1.04 bits per heavy atom. The first-order chi connectivity index (χ1) is 10.8. The van der Waals surface area contributed by atoms with Gasteiger partial charge < -0.3 is 4.74 Å². The van der Waals surface area contributed by atoms with Gasteiger partial charge in [-0.15, -0.1) is 0 Å². The molecule has 2 rings (SSSR count). The molecular weight excluding hydrogens is 334 g/mol. The van der Waals surface area contributed by atoms with Crippen LogP contribution < -0.4 is 9.46 Å². The summed E-state index contributed by atoms with van der Waals surface area (Å²) in [5.74, 6) is 0.674. The molecule has 0 bridgehead atoms. The number of halogens is 1. The fraction of sp³-hybridized carbons (Fsp3) is 0.294. The van der Waals surface area contributed by atoms with Crippen LogP contribution in [0, 0.1) is 13.8 Å². The summed E-state index contributed by atoms with van der Waals surface area (Å²) in [5, 5.41) is 0.584. The minimum atomic E-state index is -3.39. The molecule has 23 heavy (non-hydrogen) atoms. The van der Waals surface area contributed by atoms with Gasteiger partial charge in [-0.2, -0.15) is 0 Å². The molecule has 1 N–H and O–H groups in total. The molecule has 0 saturated carbocycles. The Kier molecular flexibility index (Phi) is 6.04. The molecule has 0 aliphatic carbocycles. The van der Waals surface area contributed by atoms with Gasteiger partial charge in [-0.3, -0.25) is 0 Å².